The molecule has 0 unspecified atom stereocenters. The maximum Gasteiger partial charge on any atom is 0.325 e. The first-order chi connectivity index (χ1) is 11.5. The molecule has 8 heteroatoms. The molecule has 0 aliphatic carbocycles. The minimum atomic E-state index is -0.499. The van der Waals surface area contributed by atoms with E-state index in [4.69, 9.17) is 0 Å². The minimum Gasteiger partial charge on any atom is -0.341 e. The first-order valence-electron chi connectivity index (χ1n) is 8.65. The summed E-state index contributed by atoms with van der Waals surface area (Å²) < 4.78 is 0. The Hall–Kier alpha value is -2.12. The van der Waals surface area contributed by atoms with E-state index in [2.05, 4.69) is 12.2 Å². The van der Waals surface area contributed by atoms with E-state index in [1.807, 2.05) is 4.90 Å². The molecule has 0 saturated carbocycles. The molecule has 24 heavy (non-hydrogen) atoms. The number of nitrogens with one attached hydrogen (secondary N) is 1. The van der Waals surface area contributed by atoms with Crippen LogP contribution in [0.1, 0.15) is 32.6 Å². The first kappa shape index (κ1) is 16.7. The molecular formula is C16H24N4O4. The monoisotopic (exact) mass is 336 g/mol. The van der Waals surface area contributed by atoms with Crippen LogP contribution >= 0.6 is 0 Å². The highest BCUT2D eigenvalue weighted by atomic mass is 16.2. The lowest BCUT2D eigenvalue weighted by molar-refractivity contribution is -0.144. The molecule has 1 N–H and O–H groups in total. The van der Waals surface area contributed by atoms with E-state index in [1.54, 1.807) is 4.90 Å². The van der Waals surface area contributed by atoms with Gasteiger partial charge in [-0.2, -0.15) is 0 Å². The van der Waals surface area contributed by atoms with Gasteiger partial charge in [-0.15, -0.1) is 0 Å². The fourth-order valence-corrected chi connectivity index (χ4v) is 3.98. The molecule has 3 fully saturated rings. The summed E-state index contributed by atoms with van der Waals surface area (Å²) >= 11 is 0. The zero-order valence-corrected chi connectivity index (χ0v) is 14.0. The van der Waals surface area contributed by atoms with Crippen LogP contribution in [0.2, 0.25) is 0 Å². The number of fused-ring (bicyclic) bond motifs is 1. The topological polar surface area (TPSA) is 90.0 Å². The van der Waals surface area contributed by atoms with Crippen LogP contribution in [-0.4, -0.2) is 77.2 Å². The third-order valence-corrected chi connectivity index (χ3v) is 5.15. The molecule has 2 atom stereocenters. The number of imide groups is 1. The van der Waals surface area contributed by atoms with Crippen molar-refractivity contribution < 1.29 is 19.2 Å². The fourth-order valence-electron chi connectivity index (χ4n) is 3.98. The molecule has 8 nitrogen and oxygen atoms in total. The van der Waals surface area contributed by atoms with Gasteiger partial charge in [-0.05, 0) is 25.2 Å². The fraction of sp³-hybridized carbons (Fsp3) is 0.750. The predicted molar refractivity (Wildman–Crippen MR) is 84.8 cm³/mol. The number of hydrogen-bond donors (Lipinski definition) is 1. The number of amides is 5. The number of rotatable bonds is 4. The van der Waals surface area contributed by atoms with Crippen molar-refractivity contribution in [1.29, 1.82) is 0 Å². The van der Waals surface area contributed by atoms with E-state index in [0.717, 1.165) is 25.8 Å². The summed E-state index contributed by atoms with van der Waals surface area (Å²) in [6, 6.07) is -0.271. The SMILES string of the molecule is CCCN1C(=O)CC[C@@H]2CN(C(=O)CN3CC(=O)NC3=O)CC[C@@H]21. The lowest BCUT2D eigenvalue weighted by atomic mass is 9.83. The quantitative estimate of drug-likeness (QED) is 0.719. The van der Waals surface area contributed by atoms with Crippen LogP contribution in [0.5, 0.6) is 0 Å². The lowest BCUT2D eigenvalue weighted by Crippen LogP contribution is -2.57. The third kappa shape index (κ3) is 3.22. The van der Waals surface area contributed by atoms with Crippen LogP contribution in [0.25, 0.3) is 0 Å². The van der Waals surface area contributed by atoms with Gasteiger partial charge in [0.1, 0.15) is 13.1 Å². The van der Waals surface area contributed by atoms with Gasteiger partial charge in [0.15, 0.2) is 0 Å². The summed E-state index contributed by atoms with van der Waals surface area (Å²) in [7, 11) is 0. The smallest absolute Gasteiger partial charge is 0.325 e. The van der Waals surface area contributed by atoms with E-state index in [9.17, 15) is 19.2 Å². The predicted octanol–water partition coefficient (Wildman–Crippen LogP) is -0.212. The third-order valence-electron chi connectivity index (χ3n) is 5.15. The molecule has 3 aliphatic rings. The highest BCUT2D eigenvalue weighted by Crippen LogP contribution is 2.31. The van der Waals surface area contributed by atoms with Gasteiger partial charge in [0, 0.05) is 32.1 Å². The van der Waals surface area contributed by atoms with Gasteiger partial charge in [0.2, 0.25) is 17.7 Å². The van der Waals surface area contributed by atoms with E-state index >= 15 is 0 Å². The Morgan fingerprint density at radius 2 is 2.04 bits per heavy atom. The molecule has 0 aromatic heterocycles. The summed E-state index contributed by atoms with van der Waals surface area (Å²) in [6.07, 6.45) is 3.09. The number of urea groups is 1. The zero-order chi connectivity index (χ0) is 17.3. The molecule has 0 aromatic rings. The van der Waals surface area contributed by atoms with Crippen LogP contribution in [0.4, 0.5) is 4.79 Å². The Morgan fingerprint density at radius 3 is 2.71 bits per heavy atom. The van der Waals surface area contributed by atoms with Crippen molar-refractivity contribution >= 4 is 23.8 Å². The maximum atomic E-state index is 12.5. The Labute approximate surface area is 141 Å². The highest BCUT2D eigenvalue weighted by Gasteiger charge is 2.40. The van der Waals surface area contributed by atoms with Crippen LogP contribution < -0.4 is 5.32 Å². The average molecular weight is 336 g/mol. The number of nitrogens with zero attached hydrogens (tertiary/aromatic N) is 3. The first-order valence-corrected chi connectivity index (χ1v) is 8.65. The Morgan fingerprint density at radius 1 is 1.25 bits per heavy atom. The van der Waals surface area contributed by atoms with Gasteiger partial charge >= 0.3 is 6.03 Å². The van der Waals surface area contributed by atoms with Crippen molar-refractivity contribution in [2.75, 3.05) is 32.7 Å². The van der Waals surface area contributed by atoms with Crippen molar-refractivity contribution in [3.8, 4) is 0 Å². The molecule has 3 heterocycles. The Balaban J connectivity index is 1.58. The number of carbonyl (C=O) groups excluding carboxylic acids is 4. The molecule has 0 radical (unpaired) electrons. The molecule has 3 rings (SSSR count). The second-order valence-corrected chi connectivity index (χ2v) is 6.79. The molecule has 132 valence electrons. The van der Waals surface area contributed by atoms with Gasteiger partial charge in [-0.3, -0.25) is 19.7 Å². The van der Waals surface area contributed by atoms with E-state index in [-0.39, 0.29) is 36.9 Å². The molecule has 0 bridgehead atoms. The highest BCUT2D eigenvalue weighted by molar-refractivity contribution is 6.03. The van der Waals surface area contributed by atoms with Crippen molar-refractivity contribution in [3.63, 3.8) is 0 Å². The van der Waals surface area contributed by atoms with Crippen LogP contribution in [0, 0.1) is 5.92 Å². The molecular weight excluding hydrogens is 312 g/mol. The van der Waals surface area contributed by atoms with Crippen LogP contribution in [0.3, 0.4) is 0 Å². The second-order valence-electron chi connectivity index (χ2n) is 6.79. The van der Waals surface area contributed by atoms with Gasteiger partial charge in [0.25, 0.3) is 0 Å². The van der Waals surface area contributed by atoms with Gasteiger partial charge in [-0.25, -0.2) is 4.79 Å². The number of hydrogen-bond acceptors (Lipinski definition) is 4. The minimum absolute atomic E-state index is 0.0523. The van der Waals surface area contributed by atoms with Crippen molar-refractivity contribution in [2.45, 2.75) is 38.6 Å². The van der Waals surface area contributed by atoms with Crippen molar-refractivity contribution in [2.24, 2.45) is 5.92 Å². The molecule has 0 aromatic carbocycles. The summed E-state index contributed by atoms with van der Waals surface area (Å²) in [5.74, 6) is 0.0378. The Bertz CT molecular complexity index is 564. The van der Waals surface area contributed by atoms with Gasteiger partial charge in [-0.1, -0.05) is 6.92 Å². The average Bonchev–Trinajstić information content (AvgIpc) is 2.87. The largest absolute Gasteiger partial charge is 0.341 e. The van der Waals surface area contributed by atoms with Crippen LogP contribution in [0.15, 0.2) is 0 Å². The molecule has 3 aliphatic heterocycles. The summed E-state index contributed by atoms with van der Waals surface area (Å²) in [6.45, 7) is 3.95. The Kier molecular flexibility index (Phi) is 4.73. The number of piperidine rings is 2. The molecule has 0 spiro atoms. The van der Waals surface area contributed by atoms with Crippen LogP contribution in [-0.2, 0) is 14.4 Å². The maximum absolute atomic E-state index is 12.5. The van der Waals surface area contributed by atoms with Gasteiger partial charge in [0.05, 0.1) is 0 Å². The lowest BCUT2D eigenvalue weighted by Gasteiger charge is -2.47. The van der Waals surface area contributed by atoms with E-state index in [1.165, 1.54) is 4.90 Å². The molecule has 3 saturated heterocycles. The summed E-state index contributed by atoms with van der Waals surface area (Å²) in [5, 5.41) is 2.18. The standard InChI is InChI=1S/C16H24N4O4/c1-2-6-20-12-5-7-18(8-11(12)3-4-14(20)22)15(23)10-19-9-13(21)17-16(19)24/h11-12H,2-10H2,1H3,(H,17,21,24)/t11-,12+/m1/s1. The zero-order valence-electron chi connectivity index (χ0n) is 14.0. The van der Waals surface area contributed by atoms with Gasteiger partial charge < -0.3 is 14.7 Å². The van der Waals surface area contributed by atoms with Crippen molar-refractivity contribution in [3.05, 3.63) is 0 Å². The second kappa shape index (κ2) is 6.78. The number of carbonyl (C=O) groups is 4. The number of likely N-dealkylation sites (tertiary alicyclic amines) is 2. The summed E-state index contributed by atoms with van der Waals surface area (Å²) in [4.78, 5) is 52.3. The van der Waals surface area contributed by atoms with E-state index < -0.39 is 6.03 Å². The van der Waals surface area contributed by atoms with E-state index in [0.29, 0.717) is 25.4 Å². The molecule has 5 amide bonds. The normalized spacial score (nSPS) is 27.4. The summed E-state index contributed by atoms with van der Waals surface area (Å²) in [5.41, 5.74) is 0. The van der Waals surface area contributed by atoms with Crippen molar-refractivity contribution in [1.82, 2.24) is 20.0 Å².